The molecule has 0 aliphatic carbocycles. The first-order valence-electron chi connectivity index (χ1n) is 9.58. The molecule has 1 rings (SSSR count). The summed E-state index contributed by atoms with van der Waals surface area (Å²) in [5.41, 5.74) is 0.0938. The lowest BCUT2D eigenvalue weighted by atomic mass is 10.3. The lowest BCUT2D eigenvalue weighted by Crippen LogP contribution is -2.35. The van der Waals surface area contributed by atoms with E-state index >= 15 is 0 Å². The van der Waals surface area contributed by atoms with E-state index < -0.39 is 0 Å². The molecule has 0 aromatic carbocycles. The number of carbonyl (C=O) groups is 1. The van der Waals surface area contributed by atoms with Gasteiger partial charge in [-0.15, -0.1) is 0 Å². The van der Waals surface area contributed by atoms with Crippen LogP contribution in [0, 0.1) is 0 Å². The van der Waals surface area contributed by atoms with Gasteiger partial charge in [-0.1, -0.05) is 39.3 Å². The van der Waals surface area contributed by atoms with Gasteiger partial charge in [0.15, 0.2) is 16.7 Å². The van der Waals surface area contributed by atoms with Crippen LogP contribution in [-0.4, -0.2) is 85.1 Å². The molecule has 1 heterocycles. The van der Waals surface area contributed by atoms with Crippen molar-refractivity contribution in [2.45, 2.75) is 27.7 Å². The van der Waals surface area contributed by atoms with Crippen LogP contribution in [0.25, 0.3) is 0 Å². The standard InChI is InChI=1S/C18H33ClN6O2/c1-6-24(7-2)12-10-20-16-15(19)22-14(18(23-16)27-5)17(26)21-11-13-25(8-3)9-4/h6-13H2,1-5H3,(H,20,23)(H,21,26). The smallest absolute Gasteiger partial charge is 0.275 e. The molecule has 0 saturated heterocycles. The van der Waals surface area contributed by atoms with Gasteiger partial charge >= 0.3 is 0 Å². The van der Waals surface area contributed by atoms with Crippen molar-refractivity contribution < 1.29 is 9.53 Å². The molecule has 0 bridgehead atoms. The molecule has 0 atom stereocenters. The van der Waals surface area contributed by atoms with E-state index in [2.05, 4.69) is 58.1 Å². The fourth-order valence-electron chi connectivity index (χ4n) is 2.63. The topological polar surface area (TPSA) is 82.6 Å². The van der Waals surface area contributed by atoms with E-state index in [4.69, 9.17) is 16.3 Å². The summed E-state index contributed by atoms with van der Waals surface area (Å²) in [4.78, 5) is 25.4. The third-order valence-electron chi connectivity index (χ3n) is 4.45. The minimum absolute atomic E-state index is 0.0938. The highest BCUT2D eigenvalue weighted by Gasteiger charge is 2.19. The molecule has 2 N–H and O–H groups in total. The molecular formula is C18H33ClN6O2. The van der Waals surface area contributed by atoms with Crippen molar-refractivity contribution >= 4 is 23.3 Å². The van der Waals surface area contributed by atoms with Gasteiger partial charge in [0.1, 0.15) is 0 Å². The second kappa shape index (κ2) is 12.7. The molecule has 154 valence electrons. The molecule has 0 aliphatic rings. The van der Waals surface area contributed by atoms with Crippen molar-refractivity contribution in [2.24, 2.45) is 0 Å². The van der Waals surface area contributed by atoms with Crippen LogP contribution in [0.3, 0.4) is 0 Å². The second-order valence-corrected chi connectivity index (χ2v) is 6.32. The lowest BCUT2D eigenvalue weighted by Gasteiger charge is -2.19. The van der Waals surface area contributed by atoms with Crippen molar-refractivity contribution in [3.63, 3.8) is 0 Å². The van der Waals surface area contributed by atoms with Crippen molar-refractivity contribution in [3.05, 3.63) is 10.8 Å². The molecule has 0 saturated carbocycles. The fourth-order valence-corrected chi connectivity index (χ4v) is 2.82. The van der Waals surface area contributed by atoms with Crippen LogP contribution in [0.1, 0.15) is 38.2 Å². The molecule has 0 aliphatic heterocycles. The number of anilines is 1. The zero-order valence-electron chi connectivity index (χ0n) is 17.1. The maximum absolute atomic E-state index is 12.4. The van der Waals surface area contributed by atoms with Gasteiger partial charge in [0.25, 0.3) is 5.91 Å². The average molecular weight is 401 g/mol. The number of amides is 1. The molecule has 1 aromatic heterocycles. The number of ether oxygens (including phenoxy) is 1. The number of rotatable bonds is 13. The van der Waals surface area contributed by atoms with E-state index in [1.54, 1.807) is 0 Å². The molecule has 0 radical (unpaired) electrons. The number of hydrogen-bond acceptors (Lipinski definition) is 7. The highest BCUT2D eigenvalue weighted by atomic mass is 35.5. The first kappa shape index (κ1) is 23.4. The summed E-state index contributed by atoms with van der Waals surface area (Å²) in [7, 11) is 1.46. The summed E-state index contributed by atoms with van der Waals surface area (Å²) in [6.45, 7) is 15.1. The fraction of sp³-hybridized carbons (Fsp3) is 0.722. The Balaban J connectivity index is 2.73. The van der Waals surface area contributed by atoms with Crippen molar-refractivity contribution in [1.82, 2.24) is 25.1 Å². The molecular weight excluding hydrogens is 368 g/mol. The van der Waals surface area contributed by atoms with Gasteiger partial charge in [0.05, 0.1) is 7.11 Å². The van der Waals surface area contributed by atoms with Gasteiger partial charge in [0.2, 0.25) is 5.88 Å². The highest BCUT2D eigenvalue weighted by Crippen LogP contribution is 2.23. The van der Waals surface area contributed by atoms with Crippen LogP contribution in [0.2, 0.25) is 5.15 Å². The quantitative estimate of drug-likeness (QED) is 0.523. The van der Waals surface area contributed by atoms with Crippen LogP contribution in [-0.2, 0) is 0 Å². The minimum atomic E-state index is -0.344. The number of halogens is 1. The second-order valence-electron chi connectivity index (χ2n) is 5.96. The Morgan fingerprint density at radius 1 is 1.00 bits per heavy atom. The van der Waals surface area contributed by atoms with Crippen LogP contribution >= 0.6 is 11.6 Å². The van der Waals surface area contributed by atoms with Gasteiger partial charge in [-0.05, 0) is 26.2 Å². The number of likely N-dealkylation sites (N-methyl/N-ethyl adjacent to an activating group) is 2. The van der Waals surface area contributed by atoms with E-state index in [1.165, 1.54) is 7.11 Å². The van der Waals surface area contributed by atoms with Crippen LogP contribution < -0.4 is 15.4 Å². The van der Waals surface area contributed by atoms with Gasteiger partial charge < -0.3 is 25.2 Å². The molecule has 1 amide bonds. The van der Waals surface area contributed by atoms with Gasteiger partial charge in [-0.25, -0.2) is 4.98 Å². The molecule has 0 fully saturated rings. The van der Waals surface area contributed by atoms with E-state index in [0.29, 0.717) is 18.9 Å². The zero-order valence-corrected chi connectivity index (χ0v) is 17.9. The number of methoxy groups -OCH3 is 1. The lowest BCUT2D eigenvalue weighted by molar-refractivity contribution is 0.0939. The van der Waals surface area contributed by atoms with E-state index in [1.807, 2.05) is 0 Å². The van der Waals surface area contributed by atoms with Gasteiger partial charge in [-0.2, -0.15) is 4.98 Å². The maximum Gasteiger partial charge on any atom is 0.275 e. The highest BCUT2D eigenvalue weighted by molar-refractivity contribution is 6.31. The number of nitrogens with one attached hydrogen (secondary N) is 2. The summed E-state index contributed by atoms with van der Waals surface area (Å²) in [6, 6.07) is 0. The summed E-state index contributed by atoms with van der Waals surface area (Å²) >= 11 is 6.22. The number of aromatic nitrogens is 2. The maximum atomic E-state index is 12.4. The number of carbonyl (C=O) groups excluding carboxylic acids is 1. The van der Waals surface area contributed by atoms with E-state index in [0.717, 1.165) is 39.3 Å². The average Bonchev–Trinajstić information content (AvgIpc) is 2.69. The SMILES string of the molecule is CCN(CC)CCNC(=O)c1nc(Cl)c(NCCN(CC)CC)nc1OC. The Hall–Kier alpha value is -1.64. The largest absolute Gasteiger partial charge is 0.479 e. The Kier molecular flexibility index (Phi) is 11.0. The number of nitrogens with zero attached hydrogens (tertiary/aromatic N) is 4. The summed E-state index contributed by atoms with van der Waals surface area (Å²) in [5.74, 6) is 0.230. The molecule has 27 heavy (non-hydrogen) atoms. The van der Waals surface area contributed by atoms with Crippen LogP contribution in [0.4, 0.5) is 5.82 Å². The van der Waals surface area contributed by atoms with Crippen molar-refractivity contribution in [2.75, 3.05) is 64.8 Å². The normalized spacial score (nSPS) is 11.1. The Bertz CT molecular complexity index is 579. The first-order chi connectivity index (χ1) is 13.0. The molecule has 1 aromatic rings. The van der Waals surface area contributed by atoms with Gasteiger partial charge in [-0.3, -0.25) is 4.79 Å². The van der Waals surface area contributed by atoms with Gasteiger partial charge in [0, 0.05) is 26.2 Å². The molecule has 0 spiro atoms. The molecule has 0 unspecified atom stereocenters. The summed E-state index contributed by atoms with van der Waals surface area (Å²) in [6.07, 6.45) is 0. The van der Waals surface area contributed by atoms with E-state index in [-0.39, 0.29) is 22.6 Å². The minimum Gasteiger partial charge on any atom is -0.479 e. The van der Waals surface area contributed by atoms with Crippen molar-refractivity contribution in [1.29, 1.82) is 0 Å². The van der Waals surface area contributed by atoms with Crippen LogP contribution in [0.15, 0.2) is 0 Å². The zero-order chi connectivity index (χ0) is 20.2. The van der Waals surface area contributed by atoms with Crippen LogP contribution in [0.5, 0.6) is 5.88 Å². The Labute approximate surface area is 167 Å². The van der Waals surface area contributed by atoms with E-state index in [9.17, 15) is 4.79 Å². The monoisotopic (exact) mass is 400 g/mol. The predicted molar refractivity (Wildman–Crippen MR) is 110 cm³/mol. The van der Waals surface area contributed by atoms with Crippen molar-refractivity contribution in [3.8, 4) is 5.88 Å². The molecule has 9 heteroatoms. The summed E-state index contributed by atoms with van der Waals surface area (Å²) in [5, 5.41) is 6.16. The summed E-state index contributed by atoms with van der Waals surface area (Å²) < 4.78 is 5.25. The predicted octanol–water partition coefficient (Wildman–Crippen LogP) is 1.96. The molecule has 8 nitrogen and oxygen atoms in total. The third-order valence-corrected chi connectivity index (χ3v) is 4.72. The Morgan fingerprint density at radius 3 is 2.07 bits per heavy atom. The number of hydrogen-bond donors (Lipinski definition) is 2. The Morgan fingerprint density at radius 2 is 1.56 bits per heavy atom. The first-order valence-corrected chi connectivity index (χ1v) is 9.96. The third kappa shape index (κ3) is 7.48.